The van der Waals surface area contributed by atoms with Gasteiger partial charge in [0.05, 0.1) is 23.2 Å². The fourth-order valence-corrected chi connectivity index (χ4v) is 5.42. The molecule has 2 aromatic carbocycles. The predicted octanol–water partition coefficient (Wildman–Crippen LogP) is 5.73. The van der Waals surface area contributed by atoms with Crippen molar-refractivity contribution in [3.63, 3.8) is 0 Å². The summed E-state index contributed by atoms with van der Waals surface area (Å²) in [5, 5.41) is 16.4. The van der Waals surface area contributed by atoms with E-state index in [0.717, 1.165) is 35.3 Å². The van der Waals surface area contributed by atoms with E-state index in [4.69, 9.17) is 0 Å². The molecule has 2 atom stereocenters. The molecule has 5 rings (SSSR count). The largest absolute Gasteiger partial charge is 0.389 e. The van der Waals surface area contributed by atoms with Crippen LogP contribution in [0.25, 0.3) is 11.8 Å². The summed E-state index contributed by atoms with van der Waals surface area (Å²) in [5.74, 6) is -0.173. The number of benzene rings is 2. The Kier molecular flexibility index (Phi) is 4.67. The maximum Gasteiger partial charge on any atom is 0.126 e. The lowest BCUT2D eigenvalue weighted by molar-refractivity contribution is -0.0462. The molecule has 4 heteroatoms. The van der Waals surface area contributed by atoms with Crippen LogP contribution in [-0.4, -0.2) is 20.5 Å². The van der Waals surface area contributed by atoms with Gasteiger partial charge in [0.2, 0.25) is 0 Å². The number of nitrogens with zero attached hydrogens (tertiary/aromatic N) is 2. The van der Waals surface area contributed by atoms with Crippen LogP contribution in [0.5, 0.6) is 0 Å². The van der Waals surface area contributed by atoms with Crippen molar-refractivity contribution in [1.82, 2.24) is 9.78 Å². The van der Waals surface area contributed by atoms with E-state index in [1.807, 2.05) is 29.9 Å². The molecule has 0 saturated heterocycles. The summed E-state index contributed by atoms with van der Waals surface area (Å²) in [4.78, 5) is 0. The first-order chi connectivity index (χ1) is 14.8. The SMILES string of the molecule is Cc1ccc(-n2ncc3c2C=C2CC[C@@](O)(CCc4ccc(C)cc4F)[C@@]2(C)C3)cc1. The second-order valence-corrected chi connectivity index (χ2v) is 9.61. The summed E-state index contributed by atoms with van der Waals surface area (Å²) in [6.07, 6.45) is 7.60. The van der Waals surface area contributed by atoms with Crippen LogP contribution in [-0.2, 0) is 12.8 Å². The highest BCUT2D eigenvalue weighted by Crippen LogP contribution is 2.56. The van der Waals surface area contributed by atoms with Crippen LogP contribution in [0.15, 0.2) is 54.2 Å². The van der Waals surface area contributed by atoms with Crippen molar-refractivity contribution >= 4 is 6.08 Å². The number of hydrogen-bond donors (Lipinski definition) is 1. The second kappa shape index (κ2) is 7.16. The minimum Gasteiger partial charge on any atom is -0.389 e. The molecule has 0 aliphatic heterocycles. The Hall–Kier alpha value is -2.72. The van der Waals surface area contributed by atoms with Crippen LogP contribution in [0, 0.1) is 25.1 Å². The lowest BCUT2D eigenvalue weighted by Gasteiger charge is -2.42. The molecule has 0 unspecified atom stereocenters. The summed E-state index contributed by atoms with van der Waals surface area (Å²) in [6, 6.07) is 13.8. The van der Waals surface area contributed by atoms with Crippen LogP contribution in [0.4, 0.5) is 4.39 Å². The second-order valence-electron chi connectivity index (χ2n) is 9.61. The third kappa shape index (κ3) is 3.25. The van der Waals surface area contributed by atoms with Gasteiger partial charge in [-0.3, -0.25) is 0 Å². The fourth-order valence-electron chi connectivity index (χ4n) is 5.42. The summed E-state index contributed by atoms with van der Waals surface area (Å²) >= 11 is 0. The molecule has 0 amide bonds. The molecule has 160 valence electrons. The van der Waals surface area contributed by atoms with Gasteiger partial charge in [0.25, 0.3) is 0 Å². The molecule has 1 aromatic heterocycles. The van der Waals surface area contributed by atoms with Crippen LogP contribution < -0.4 is 0 Å². The molecule has 0 spiro atoms. The summed E-state index contributed by atoms with van der Waals surface area (Å²) in [6.45, 7) is 6.15. The van der Waals surface area contributed by atoms with E-state index in [2.05, 4.69) is 49.3 Å². The monoisotopic (exact) mass is 416 g/mol. The van der Waals surface area contributed by atoms with Gasteiger partial charge in [-0.1, -0.05) is 42.3 Å². The average molecular weight is 417 g/mol. The summed E-state index contributed by atoms with van der Waals surface area (Å²) in [7, 11) is 0. The molecule has 31 heavy (non-hydrogen) atoms. The molecule has 2 aliphatic rings. The van der Waals surface area contributed by atoms with Crippen LogP contribution >= 0.6 is 0 Å². The van der Waals surface area contributed by atoms with E-state index in [9.17, 15) is 9.50 Å². The third-order valence-electron chi connectivity index (χ3n) is 7.58. The van der Waals surface area contributed by atoms with Gasteiger partial charge in [0, 0.05) is 5.41 Å². The van der Waals surface area contributed by atoms with Gasteiger partial charge in [-0.15, -0.1) is 0 Å². The summed E-state index contributed by atoms with van der Waals surface area (Å²) < 4.78 is 16.4. The van der Waals surface area contributed by atoms with Gasteiger partial charge in [0.15, 0.2) is 0 Å². The highest BCUT2D eigenvalue weighted by molar-refractivity contribution is 5.62. The minimum absolute atomic E-state index is 0.173. The van der Waals surface area contributed by atoms with Crippen LogP contribution in [0.2, 0.25) is 0 Å². The van der Waals surface area contributed by atoms with Crippen molar-refractivity contribution in [2.75, 3.05) is 0 Å². The van der Waals surface area contributed by atoms with Gasteiger partial charge < -0.3 is 5.11 Å². The van der Waals surface area contributed by atoms with Crippen LogP contribution in [0.1, 0.15) is 54.1 Å². The summed E-state index contributed by atoms with van der Waals surface area (Å²) in [5.41, 5.74) is 6.24. The highest BCUT2D eigenvalue weighted by Gasteiger charge is 2.54. The molecular weight excluding hydrogens is 387 g/mol. The lowest BCUT2D eigenvalue weighted by atomic mass is 9.65. The molecule has 1 N–H and O–H groups in total. The Balaban J connectivity index is 1.43. The molecule has 1 fully saturated rings. The van der Waals surface area contributed by atoms with Crippen molar-refractivity contribution in [3.05, 3.63) is 88.0 Å². The number of aliphatic hydroxyl groups is 1. The van der Waals surface area contributed by atoms with Crippen molar-refractivity contribution in [2.24, 2.45) is 5.41 Å². The smallest absolute Gasteiger partial charge is 0.126 e. The molecule has 3 nitrogen and oxygen atoms in total. The third-order valence-corrected chi connectivity index (χ3v) is 7.58. The minimum atomic E-state index is -0.847. The van der Waals surface area contributed by atoms with E-state index in [-0.39, 0.29) is 11.2 Å². The van der Waals surface area contributed by atoms with E-state index < -0.39 is 5.60 Å². The van der Waals surface area contributed by atoms with Crippen molar-refractivity contribution in [2.45, 2.75) is 58.5 Å². The molecule has 0 radical (unpaired) electrons. The number of halogens is 1. The van der Waals surface area contributed by atoms with Gasteiger partial charge in [0.1, 0.15) is 5.82 Å². The van der Waals surface area contributed by atoms with E-state index >= 15 is 0 Å². The Morgan fingerprint density at radius 2 is 1.84 bits per heavy atom. The van der Waals surface area contributed by atoms with E-state index in [1.54, 1.807) is 6.07 Å². The first kappa shape index (κ1) is 20.2. The molecular formula is C27H29FN2O. The molecule has 3 aromatic rings. The maximum atomic E-state index is 14.4. The maximum absolute atomic E-state index is 14.4. The van der Waals surface area contributed by atoms with Gasteiger partial charge >= 0.3 is 0 Å². The van der Waals surface area contributed by atoms with Crippen molar-refractivity contribution in [1.29, 1.82) is 0 Å². The quantitative estimate of drug-likeness (QED) is 0.590. The zero-order valence-electron chi connectivity index (χ0n) is 18.5. The highest BCUT2D eigenvalue weighted by atomic mass is 19.1. The predicted molar refractivity (Wildman–Crippen MR) is 122 cm³/mol. The average Bonchev–Trinajstić information content (AvgIpc) is 3.24. The van der Waals surface area contributed by atoms with Crippen LogP contribution in [0.3, 0.4) is 0 Å². The molecule has 0 bridgehead atoms. The topological polar surface area (TPSA) is 38.0 Å². The van der Waals surface area contributed by atoms with E-state index in [1.165, 1.54) is 11.1 Å². The normalized spacial score (nSPS) is 24.6. The lowest BCUT2D eigenvalue weighted by Crippen LogP contribution is -2.45. The fraction of sp³-hybridized carbons (Fsp3) is 0.370. The van der Waals surface area contributed by atoms with Gasteiger partial charge in [-0.2, -0.15) is 5.10 Å². The van der Waals surface area contributed by atoms with Crippen molar-refractivity contribution in [3.8, 4) is 5.69 Å². The number of hydrogen-bond acceptors (Lipinski definition) is 2. The molecule has 1 heterocycles. The standard InChI is InChI=1S/C27H29FN2O/c1-18-5-8-23(9-6-18)30-25-15-22-11-13-27(31,26(22,3)16-21(25)17-29-30)12-10-20-7-4-19(2)14-24(20)28/h4-9,14-15,17,31H,10-13,16H2,1-3H3/t26-,27-/m0/s1. The molecule has 1 saturated carbocycles. The zero-order valence-corrected chi connectivity index (χ0v) is 18.5. The van der Waals surface area contributed by atoms with Crippen molar-refractivity contribution < 1.29 is 9.50 Å². The Morgan fingerprint density at radius 3 is 2.58 bits per heavy atom. The number of aryl methyl sites for hydroxylation is 3. The Bertz CT molecular complexity index is 1180. The number of aromatic nitrogens is 2. The number of rotatable bonds is 4. The van der Waals surface area contributed by atoms with Gasteiger partial charge in [-0.05, 0) is 86.9 Å². The first-order valence-electron chi connectivity index (χ1n) is 11.1. The Morgan fingerprint density at radius 1 is 1.10 bits per heavy atom. The Labute approximate surface area is 183 Å². The zero-order chi connectivity index (χ0) is 21.8. The molecule has 2 aliphatic carbocycles. The first-order valence-corrected chi connectivity index (χ1v) is 11.1. The number of fused-ring (bicyclic) bond motifs is 2. The van der Waals surface area contributed by atoms with E-state index in [0.29, 0.717) is 24.8 Å². The van der Waals surface area contributed by atoms with Gasteiger partial charge in [-0.25, -0.2) is 9.07 Å².